The normalized spacial score (nSPS) is 16.0. The van der Waals surface area contributed by atoms with Crippen molar-refractivity contribution in [1.29, 1.82) is 0 Å². The molecule has 2 heterocycles. The first-order valence-corrected chi connectivity index (χ1v) is 19.5. The maximum atomic E-state index is 6.57. The summed E-state index contributed by atoms with van der Waals surface area (Å²) in [5, 5.41) is 3.69. The smallest absolute Gasteiger partial charge is 0.170 e. The van der Waals surface area contributed by atoms with Crippen molar-refractivity contribution in [2.45, 2.75) is 11.6 Å². The van der Waals surface area contributed by atoms with Crippen LogP contribution in [0.1, 0.15) is 45.1 Å². The molecule has 4 aliphatic rings. The summed E-state index contributed by atoms with van der Waals surface area (Å²) in [5.74, 6) is 2.91. The van der Waals surface area contributed by atoms with E-state index in [-0.39, 0.29) is 6.17 Å². The minimum absolute atomic E-state index is 0.211. The molecule has 0 saturated carbocycles. The number of aliphatic imine (C=N–C) groups is 1. The van der Waals surface area contributed by atoms with Gasteiger partial charge >= 0.3 is 0 Å². The van der Waals surface area contributed by atoms with E-state index in [0.717, 1.165) is 67.8 Å². The number of fused-ring (bicyclic) bond motifs is 12. The van der Waals surface area contributed by atoms with Crippen LogP contribution in [0.3, 0.4) is 0 Å². The molecule has 268 valence electrons. The molecule has 8 aromatic rings. The van der Waals surface area contributed by atoms with Gasteiger partial charge in [-0.05, 0) is 109 Å². The van der Waals surface area contributed by atoms with Gasteiger partial charge in [0.1, 0.15) is 6.17 Å². The summed E-state index contributed by atoms with van der Waals surface area (Å²) < 4.78 is 13.1. The van der Waals surface area contributed by atoms with E-state index >= 15 is 0 Å². The Labute approximate surface area is 331 Å². The Morgan fingerprint density at radius 2 is 0.965 bits per heavy atom. The van der Waals surface area contributed by atoms with Crippen LogP contribution in [0.2, 0.25) is 0 Å². The van der Waals surface area contributed by atoms with Gasteiger partial charge in [0.2, 0.25) is 0 Å². The molecule has 0 aromatic heterocycles. The molecule has 0 saturated heterocycles. The molecule has 1 spiro atoms. The maximum absolute atomic E-state index is 6.57. The second-order valence-corrected chi connectivity index (χ2v) is 15.1. The van der Waals surface area contributed by atoms with Gasteiger partial charge in [0, 0.05) is 11.3 Å². The Kier molecular flexibility index (Phi) is 6.87. The summed E-state index contributed by atoms with van der Waals surface area (Å²) in [4.78, 5) is 5.28. The summed E-state index contributed by atoms with van der Waals surface area (Å²) in [5.41, 5.74) is 17.0. The second-order valence-electron chi connectivity index (χ2n) is 15.1. The van der Waals surface area contributed by atoms with E-state index in [1.165, 1.54) is 38.9 Å². The van der Waals surface area contributed by atoms with E-state index in [4.69, 9.17) is 14.5 Å². The Hall–Kier alpha value is -7.43. The molecule has 0 radical (unpaired) electrons. The largest absolute Gasteiger partial charge is 0.450 e. The average Bonchev–Trinajstić information content (AvgIpc) is 3.74. The summed E-state index contributed by atoms with van der Waals surface area (Å²) >= 11 is 0. The molecule has 1 atom stereocenters. The van der Waals surface area contributed by atoms with Gasteiger partial charge in [0.15, 0.2) is 23.0 Å². The molecule has 1 N–H and O–H groups in total. The highest BCUT2D eigenvalue weighted by atomic mass is 16.6. The molecule has 2 aliphatic carbocycles. The lowest BCUT2D eigenvalue weighted by molar-refractivity contribution is 0.359. The molecule has 4 heteroatoms. The van der Waals surface area contributed by atoms with Gasteiger partial charge in [-0.3, -0.25) is 4.99 Å². The van der Waals surface area contributed by atoms with Gasteiger partial charge in [-0.1, -0.05) is 152 Å². The summed E-state index contributed by atoms with van der Waals surface area (Å²) in [6, 6.07) is 66.9. The number of allylic oxidation sites excluding steroid dienone is 1. The van der Waals surface area contributed by atoms with Gasteiger partial charge in [-0.25, -0.2) is 0 Å². The summed E-state index contributed by atoms with van der Waals surface area (Å²) in [6.07, 6.45) is 1.97. The Morgan fingerprint density at radius 1 is 0.404 bits per heavy atom. The Morgan fingerprint density at radius 3 is 1.70 bits per heavy atom. The zero-order valence-corrected chi connectivity index (χ0v) is 30.8. The number of ether oxygens (including phenoxy) is 2. The Bertz CT molecular complexity index is 2950. The van der Waals surface area contributed by atoms with Gasteiger partial charge < -0.3 is 14.8 Å². The fourth-order valence-corrected chi connectivity index (χ4v) is 9.47. The summed E-state index contributed by atoms with van der Waals surface area (Å²) in [6.45, 7) is 0. The molecule has 0 bridgehead atoms. The fourth-order valence-electron chi connectivity index (χ4n) is 9.47. The van der Waals surface area contributed by atoms with E-state index < -0.39 is 5.41 Å². The van der Waals surface area contributed by atoms with Crippen LogP contribution >= 0.6 is 0 Å². The van der Waals surface area contributed by atoms with Crippen LogP contribution in [0.25, 0.3) is 39.1 Å². The van der Waals surface area contributed by atoms with Crippen LogP contribution in [0, 0.1) is 0 Å². The molecular formula is C53H34N2O2. The zero-order valence-electron chi connectivity index (χ0n) is 30.8. The van der Waals surface area contributed by atoms with Gasteiger partial charge in [-0.2, -0.15) is 0 Å². The predicted octanol–water partition coefficient (Wildman–Crippen LogP) is 12.7. The van der Waals surface area contributed by atoms with E-state index in [2.05, 4.69) is 169 Å². The summed E-state index contributed by atoms with van der Waals surface area (Å²) in [7, 11) is 0. The minimum atomic E-state index is -0.545. The third-order valence-electron chi connectivity index (χ3n) is 12.0. The molecule has 12 rings (SSSR count). The number of hydrogen-bond donors (Lipinski definition) is 1. The standard InChI is InChI=1S/C53H34N2O2/c1-3-14-33(15-4-1)46-32-47(55-52(54-46)34-16-5-2-6-17-34)37-19-13-18-35(28-37)36-26-27-40-41-30-50-51(57-49-25-12-11-24-48(49)56-50)31-45(41)53(44(40)29-36)42-22-9-7-20-38(42)39-21-8-10-23-43(39)53/h1-32,52,54H. The van der Waals surface area contributed by atoms with Crippen molar-refractivity contribution in [3.05, 3.63) is 233 Å². The first kappa shape index (κ1) is 31.9. The van der Waals surface area contributed by atoms with Gasteiger partial charge in [-0.15, -0.1) is 0 Å². The molecule has 8 aromatic carbocycles. The Balaban J connectivity index is 1.03. The van der Waals surface area contributed by atoms with E-state index in [1.807, 2.05) is 30.3 Å². The lowest BCUT2D eigenvalue weighted by atomic mass is 9.70. The van der Waals surface area contributed by atoms with E-state index in [1.54, 1.807) is 0 Å². The van der Waals surface area contributed by atoms with Crippen molar-refractivity contribution in [1.82, 2.24) is 5.32 Å². The topological polar surface area (TPSA) is 42.9 Å². The van der Waals surface area contributed by atoms with Crippen LogP contribution in [0.5, 0.6) is 23.0 Å². The van der Waals surface area contributed by atoms with E-state index in [0.29, 0.717) is 0 Å². The van der Waals surface area contributed by atoms with Crippen LogP contribution < -0.4 is 14.8 Å². The van der Waals surface area contributed by atoms with Crippen molar-refractivity contribution in [3.63, 3.8) is 0 Å². The third kappa shape index (κ3) is 4.77. The number of hydrogen-bond acceptors (Lipinski definition) is 4. The highest BCUT2D eigenvalue weighted by molar-refractivity contribution is 6.13. The van der Waals surface area contributed by atoms with Crippen molar-refractivity contribution >= 4 is 11.4 Å². The molecule has 4 nitrogen and oxygen atoms in total. The van der Waals surface area contributed by atoms with Crippen LogP contribution in [0.4, 0.5) is 0 Å². The number of benzene rings is 8. The van der Waals surface area contributed by atoms with Gasteiger partial charge in [0.05, 0.1) is 11.1 Å². The number of nitrogens with zero attached hydrogens (tertiary/aromatic N) is 1. The lowest BCUT2D eigenvalue weighted by Crippen LogP contribution is -2.26. The molecule has 0 fully saturated rings. The third-order valence-corrected chi connectivity index (χ3v) is 12.0. The fraction of sp³-hybridized carbons (Fsp3) is 0.0377. The SMILES string of the molecule is C1=C(c2ccccc2)NC(c2ccccc2)N=C1c1cccc(-c2ccc3c(c2)C2(c4ccccc4-c4ccccc42)c2cc4c(cc2-3)Oc2ccccc2O4)c1. The van der Waals surface area contributed by atoms with E-state index in [9.17, 15) is 0 Å². The molecule has 0 amide bonds. The molecule has 1 unspecified atom stereocenters. The van der Waals surface area contributed by atoms with Gasteiger partial charge in [0.25, 0.3) is 0 Å². The first-order valence-electron chi connectivity index (χ1n) is 19.5. The van der Waals surface area contributed by atoms with Crippen molar-refractivity contribution in [3.8, 4) is 56.4 Å². The maximum Gasteiger partial charge on any atom is 0.170 e. The van der Waals surface area contributed by atoms with Crippen molar-refractivity contribution < 1.29 is 9.47 Å². The van der Waals surface area contributed by atoms with Crippen LogP contribution in [-0.2, 0) is 5.41 Å². The number of rotatable bonds is 4. The average molecular weight is 731 g/mol. The quantitative estimate of drug-likeness (QED) is 0.196. The number of nitrogens with one attached hydrogen (secondary N) is 1. The molecule has 57 heavy (non-hydrogen) atoms. The molecule has 2 aliphatic heterocycles. The molecular weight excluding hydrogens is 697 g/mol. The minimum Gasteiger partial charge on any atom is -0.450 e. The second kappa shape index (κ2) is 12.3. The van der Waals surface area contributed by atoms with Crippen molar-refractivity contribution in [2.75, 3.05) is 0 Å². The van der Waals surface area contributed by atoms with Crippen molar-refractivity contribution in [2.24, 2.45) is 4.99 Å². The first-order chi connectivity index (χ1) is 28.2. The monoisotopic (exact) mass is 730 g/mol. The lowest BCUT2D eigenvalue weighted by Gasteiger charge is -2.31. The van der Waals surface area contributed by atoms with Crippen LogP contribution in [-0.4, -0.2) is 5.71 Å². The highest BCUT2D eigenvalue weighted by Gasteiger charge is 2.52. The highest BCUT2D eigenvalue weighted by Crippen LogP contribution is 2.65. The predicted molar refractivity (Wildman–Crippen MR) is 228 cm³/mol. The van der Waals surface area contributed by atoms with Crippen LogP contribution in [0.15, 0.2) is 199 Å². The number of para-hydroxylation sites is 2. The zero-order chi connectivity index (χ0) is 37.5.